The number of ketones is 1. The molecule has 0 spiro atoms. The molecule has 2 fully saturated rings. The maximum absolute atomic E-state index is 16.1. The van der Waals surface area contributed by atoms with Crippen LogP contribution < -0.4 is 10.1 Å². The molecule has 2 bridgehead atoms. The van der Waals surface area contributed by atoms with E-state index < -0.39 is 46.8 Å². The van der Waals surface area contributed by atoms with Gasteiger partial charge in [0.1, 0.15) is 23.1 Å². The number of hydrogen-bond acceptors (Lipinski definition) is 8. The molecule has 2 aliphatic rings. The number of fused-ring (bicyclic) bond motifs is 2. The highest BCUT2D eigenvalue weighted by Crippen LogP contribution is 2.35. The summed E-state index contributed by atoms with van der Waals surface area (Å²) >= 11 is 12.6. The molecule has 15 heteroatoms. The summed E-state index contributed by atoms with van der Waals surface area (Å²) in [7, 11) is 7.36. The zero-order valence-electron chi connectivity index (χ0n) is 35.7. The summed E-state index contributed by atoms with van der Waals surface area (Å²) in [6, 6.07) is 16.1. The Kier molecular flexibility index (Phi) is 14.9. The first-order chi connectivity index (χ1) is 29.1. The fraction of sp³-hybridized carbons (Fsp3) is 0.457. The van der Waals surface area contributed by atoms with Crippen LogP contribution in [0.2, 0.25) is 10.0 Å². The number of hydrogen-bond donors (Lipinski definition) is 1. The lowest BCUT2D eigenvalue weighted by Gasteiger charge is -2.45. The van der Waals surface area contributed by atoms with E-state index in [1.54, 1.807) is 36.1 Å². The van der Waals surface area contributed by atoms with Crippen LogP contribution in [-0.4, -0.2) is 100 Å². The van der Waals surface area contributed by atoms with Crippen LogP contribution in [0.5, 0.6) is 11.5 Å². The molecule has 2 saturated heterocycles. The van der Waals surface area contributed by atoms with Gasteiger partial charge in [-0.2, -0.15) is 0 Å². The molecule has 12 nitrogen and oxygen atoms in total. The molecule has 61 heavy (non-hydrogen) atoms. The van der Waals surface area contributed by atoms with E-state index in [0.29, 0.717) is 49.5 Å². The molecule has 0 unspecified atom stereocenters. The van der Waals surface area contributed by atoms with Gasteiger partial charge in [0.2, 0.25) is 17.7 Å². The van der Waals surface area contributed by atoms with Crippen molar-refractivity contribution in [1.29, 1.82) is 0 Å². The van der Waals surface area contributed by atoms with E-state index in [1.807, 2.05) is 68.0 Å². The first kappa shape index (κ1) is 45.7. The minimum absolute atomic E-state index is 0.00359. The lowest BCUT2D eigenvalue weighted by molar-refractivity contribution is -0.148. The largest absolute Gasteiger partial charge is 0.457 e. The molecule has 326 valence electrons. The number of halogens is 3. The molecular formula is C46H55Cl2FN6O6. The Morgan fingerprint density at radius 2 is 1.70 bits per heavy atom. The van der Waals surface area contributed by atoms with Crippen molar-refractivity contribution in [3.8, 4) is 22.8 Å². The van der Waals surface area contributed by atoms with Gasteiger partial charge in [-0.1, -0.05) is 42.3 Å². The number of amides is 3. The van der Waals surface area contributed by atoms with Crippen molar-refractivity contribution in [3.63, 3.8) is 0 Å². The molecule has 1 N–H and O–H groups in total. The van der Waals surface area contributed by atoms with Gasteiger partial charge in [0.05, 0.1) is 49.1 Å². The zero-order valence-corrected chi connectivity index (χ0v) is 37.2. The van der Waals surface area contributed by atoms with Gasteiger partial charge in [-0.15, -0.1) is 0 Å². The van der Waals surface area contributed by atoms with Crippen LogP contribution in [-0.2, 0) is 50.5 Å². The second-order valence-electron chi connectivity index (χ2n) is 16.6. The third kappa shape index (κ3) is 11.0. The number of rotatable bonds is 12. The number of piperidine rings is 1. The number of nitrogens with one attached hydrogen (secondary N) is 1. The number of ether oxygens (including phenoxy) is 2. The monoisotopic (exact) mass is 876 g/mol. The number of nitrogens with zero attached hydrogens (tertiary/aromatic N) is 5. The number of imidazole rings is 1. The predicted molar refractivity (Wildman–Crippen MR) is 233 cm³/mol. The molecule has 3 heterocycles. The van der Waals surface area contributed by atoms with Crippen molar-refractivity contribution in [3.05, 3.63) is 99.7 Å². The Morgan fingerprint density at radius 3 is 2.38 bits per heavy atom. The molecular weight excluding hydrogens is 822 g/mol. The van der Waals surface area contributed by atoms with Crippen LogP contribution in [0.4, 0.5) is 4.39 Å². The van der Waals surface area contributed by atoms with Gasteiger partial charge in [-0.25, -0.2) is 9.37 Å². The van der Waals surface area contributed by atoms with Crippen molar-refractivity contribution in [1.82, 2.24) is 29.6 Å². The fourth-order valence-corrected chi connectivity index (χ4v) is 8.70. The number of methoxy groups -OCH3 is 1. The maximum Gasteiger partial charge on any atom is 0.226 e. The Morgan fingerprint density at radius 1 is 0.984 bits per heavy atom. The smallest absolute Gasteiger partial charge is 0.226 e. The summed E-state index contributed by atoms with van der Waals surface area (Å²) in [5, 5.41) is 3.92. The van der Waals surface area contributed by atoms with Gasteiger partial charge >= 0.3 is 0 Å². The Hall–Kier alpha value is -4.82. The van der Waals surface area contributed by atoms with E-state index in [9.17, 15) is 19.2 Å². The third-order valence-corrected chi connectivity index (χ3v) is 12.3. The molecule has 3 amide bonds. The van der Waals surface area contributed by atoms with Crippen LogP contribution in [0.25, 0.3) is 11.3 Å². The zero-order chi connectivity index (χ0) is 44.0. The molecule has 1 aromatic heterocycles. The first-order valence-corrected chi connectivity index (χ1v) is 21.4. The second-order valence-corrected chi connectivity index (χ2v) is 17.5. The lowest BCUT2D eigenvalue weighted by atomic mass is 9.81. The van der Waals surface area contributed by atoms with E-state index in [1.165, 1.54) is 18.1 Å². The van der Waals surface area contributed by atoms with Crippen LogP contribution in [0.3, 0.4) is 0 Å². The number of carbonyl (C=O) groups is 4. The molecule has 3 aromatic carbocycles. The SMILES string of the molecule is CC[C@@H]1CC(=O)N(Cc2c(F)cc(Cl)cc2Oc2ccc(-c3cnc(CN(C)C)n3C)cc2)[C@@H](C)C(=O)C[C@@H](COC)C(=O)N[C@@]2(Cc3ccc(Cl)cc3)CCCN(C2)C1=O. The van der Waals surface area contributed by atoms with Gasteiger partial charge in [-0.05, 0) is 101 Å². The van der Waals surface area contributed by atoms with Crippen LogP contribution >= 0.6 is 23.2 Å². The Labute approximate surface area is 367 Å². The summed E-state index contributed by atoms with van der Waals surface area (Å²) in [5.74, 6) is -2.57. The molecule has 4 atom stereocenters. The fourth-order valence-electron chi connectivity index (χ4n) is 8.38. The summed E-state index contributed by atoms with van der Waals surface area (Å²) in [5.41, 5.74) is 1.89. The highest BCUT2D eigenvalue weighted by Gasteiger charge is 2.43. The van der Waals surface area contributed by atoms with E-state index >= 15 is 4.39 Å². The first-order valence-electron chi connectivity index (χ1n) is 20.7. The topological polar surface area (TPSA) is 126 Å². The third-order valence-electron chi connectivity index (χ3n) is 11.8. The van der Waals surface area contributed by atoms with Gasteiger partial charge < -0.3 is 34.1 Å². The van der Waals surface area contributed by atoms with Crippen molar-refractivity contribution < 1.29 is 33.0 Å². The molecule has 0 radical (unpaired) electrons. The molecule has 4 aromatic rings. The highest BCUT2D eigenvalue weighted by molar-refractivity contribution is 6.31. The van der Waals surface area contributed by atoms with Gasteiger partial charge in [0.25, 0.3) is 0 Å². The second kappa shape index (κ2) is 19.9. The molecule has 2 aliphatic heterocycles. The number of aromatic nitrogens is 2. The summed E-state index contributed by atoms with van der Waals surface area (Å²) in [6.45, 7) is 4.32. The van der Waals surface area contributed by atoms with E-state index in [4.69, 9.17) is 32.7 Å². The number of benzene rings is 3. The summed E-state index contributed by atoms with van der Waals surface area (Å²) in [4.78, 5) is 67.0. The predicted octanol–water partition coefficient (Wildman–Crippen LogP) is 7.48. The van der Waals surface area contributed by atoms with Crippen molar-refractivity contribution in [2.45, 2.75) is 77.0 Å². The quantitative estimate of drug-likeness (QED) is 0.155. The summed E-state index contributed by atoms with van der Waals surface area (Å²) in [6.07, 6.45) is 3.34. The number of Topliss-reactive ketones (excluding diaryl/α,β-unsaturated/α-hetero) is 1. The van der Waals surface area contributed by atoms with E-state index in [2.05, 4.69) is 10.3 Å². The van der Waals surface area contributed by atoms with Crippen LogP contribution in [0.15, 0.2) is 66.9 Å². The van der Waals surface area contributed by atoms with Gasteiger partial charge in [0, 0.05) is 67.2 Å². The number of carbonyl (C=O) groups excluding carboxylic acids is 4. The van der Waals surface area contributed by atoms with Crippen LogP contribution in [0.1, 0.15) is 62.9 Å². The highest BCUT2D eigenvalue weighted by atomic mass is 35.5. The molecule has 0 aliphatic carbocycles. The lowest BCUT2D eigenvalue weighted by Crippen LogP contribution is -2.63. The molecule has 6 rings (SSSR count). The van der Waals surface area contributed by atoms with Crippen molar-refractivity contribution in [2.24, 2.45) is 18.9 Å². The van der Waals surface area contributed by atoms with Crippen LogP contribution in [0, 0.1) is 17.7 Å². The van der Waals surface area contributed by atoms with Crippen molar-refractivity contribution in [2.75, 3.05) is 40.9 Å². The molecule has 0 saturated carbocycles. The van der Waals surface area contributed by atoms with Gasteiger partial charge in [-0.3, -0.25) is 19.2 Å². The maximum atomic E-state index is 16.1. The van der Waals surface area contributed by atoms with E-state index in [-0.39, 0.29) is 54.8 Å². The Balaban J connectivity index is 1.31. The minimum atomic E-state index is -1.11. The normalized spacial score (nSPS) is 21.8. The summed E-state index contributed by atoms with van der Waals surface area (Å²) < 4.78 is 29.9. The minimum Gasteiger partial charge on any atom is -0.457 e. The average molecular weight is 878 g/mol. The van der Waals surface area contributed by atoms with Gasteiger partial charge in [0.15, 0.2) is 5.78 Å². The average Bonchev–Trinajstić information content (AvgIpc) is 3.58. The Bertz CT molecular complexity index is 2220. The standard InChI is InChI=1S/C46H55Cl2FN6O6/c1-7-31-20-43(57)55(25-37-38(49)21-35(48)22-41(37)61-36-15-11-32(12-16-36)39-24-50-42(53(39)5)26-52(3)4)29(2)40(56)19-33(27-60-6)44(58)51-46(17-8-18-54(28-46)45(31)59)23-30-9-13-34(47)14-10-30/h9-16,21-22,24,29,31,33H,7-8,17-20,23,25-28H2,1-6H3,(H,51,58)/t29-,31+,33-,46+/m0/s1. The van der Waals surface area contributed by atoms with E-state index in [0.717, 1.165) is 28.7 Å². The van der Waals surface area contributed by atoms with Crippen molar-refractivity contribution >= 4 is 46.7 Å².